The number of rotatable bonds is 7. The van der Waals surface area contributed by atoms with Gasteiger partial charge in [-0.25, -0.2) is 14.3 Å². The number of hydrogen-bond acceptors (Lipinski definition) is 6. The molecule has 1 aliphatic rings. The van der Waals surface area contributed by atoms with Gasteiger partial charge in [0.1, 0.15) is 11.9 Å². The largest absolute Gasteiger partial charge is 0.434 e. The molecule has 0 radical (unpaired) electrons. The molecule has 9 nitrogen and oxygen atoms in total. The minimum absolute atomic E-state index is 0.0135. The van der Waals surface area contributed by atoms with Gasteiger partial charge in [0.25, 0.3) is 10.2 Å². The summed E-state index contributed by atoms with van der Waals surface area (Å²) < 4.78 is 55.1. The molecule has 166 valence electrons. The average Bonchev–Trinajstić information content (AvgIpc) is 3.15. The van der Waals surface area contributed by atoms with Gasteiger partial charge in [-0.2, -0.15) is 17.4 Å². The molecule has 0 saturated carbocycles. The van der Waals surface area contributed by atoms with E-state index in [0.29, 0.717) is 24.0 Å². The molecule has 0 bridgehead atoms. The van der Waals surface area contributed by atoms with E-state index in [-0.39, 0.29) is 25.1 Å². The van der Waals surface area contributed by atoms with Crippen LogP contribution in [0, 0.1) is 19.7 Å². The Morgan fingerprint density at radius 2 is 2.00 bits per heavy atom. The SMILES string of the molecule is COC1CCN(S(=O)(=O)N[C@H](c2n[nH]c(=O)o2)[C@H](C)c2c(F)ccc(C)c2C)CC1. The van der Waals surface area contributed by atoms with Crippen LogP contribution in [-0.4, -0.2) is 49.2 Å². The van der Waals surface area contributed by atoms with Crippen molar-refractivity contribution in [3.05, 3.63) is 51.1 Å². The third kappa shape index (κ3) is 4.64. The van der Waals surface area contributed by atoms with Gasteiger partial charge in [0.2, 0.25) is 5.89 Å². The molecule has 1 aliphatic heterocycles. The Balaban J connectivity index is 1.95. The first-order valence-electron chi connectivity index (χ1n) is 9.75. The normalized spacial score (nSPS) is 18.4. The molecule has 1 aromatic carbocycles. The maximum absolute atomic E-state index is 14.7. The summed E-state index contributed by atoms with van der Waals surface area (Å²) in [7, 11) is -2.35. The number of aromatic amines is 1. The summed E-state index contributed by atoms with van der Waals surface area (Å²) in [6.07, 6.45) is 1.15. The van der Waals surface area contributed by atoms with Crippen molar-refractivity contribution < 1.29 is 22.0 Å². The number of H-pyrrole nitrogens is 1. The quantitative estimate of drug-likeness (QED) is 0.676. The van der Waals surface area contributed by atoms with E-state index in [9.17, 15) is 17.6 Å². The molecule has 2 aromatic rings. The third-order valence-electron chi connectivity index (χ3n) is 5.76. The first-order valence-corrected chi connectivity index (χ1v) is 11.2. The Bertz CT molecular complexity index is 1040. The summed E-state index contributed by atoms with van der Waals surface area (Å²) in [5.41, 5.74) is 1.90. The summed E-state index contributed by atoms with van der Waals surface area (Å²) in [6.45, 7) is 5.86. The highest BCUT2D eigenvalue weighted by Gasteiger charge is 2.36. The smallest absolute Gasteiger partial charge is 0.391 e. The number of methoxy groups -OCH3 is 1. The predicted molar refractivity (Wildman–Crippen MR) is 108 cm³/mol. The Labute approximate surface area is 174 Å². The number of nitrogens with one attached hydrogen (secondary N) is 2. The molecule has 1 aromatic heterocycles. The topological polar surface area (TPSA) is 118 Å². The number of ether oxygens (including phenoxy) is 1. The van der Waals surface area contributed by atoms with Crippen molar-refractivity contribution in [3.8, 4) is 0 Å². The van der Waals surface area contributed by atoms with Gasteiger partial charge in [0.15, 0.2) is 0 Å². The molecular formula is C19H27FN4O5S. The lowest BCUT2D eigenvalue weighted by Crippen LogP contribution is -2.48. The van der Waals surface area contributed by atoms with E-state index in [1.807, 2.05) is 6.92 Å². The van der Waals surface area contributed by atoms with Crippen LogP contribution < -0.4 is 10.5 Å². The summed E-state index contributed by atoms with van der Waals surface area (Å²) in [5, 5.41) is 5.95. The van der Waals surface area contributed by atoms with Crippen LogP contribution >= 0.6 is 0 Å². The van der Waals surface area contributed by atoms with E-state index in [4.69, 9.17) is 9.15 Å². The van der Waals surface area contributed by atoms with Crippen molar-refractivity contribution in [2.75, 3.05) is 20.2 Å². The van der Waals surface area contributed by atoms with Crippen LogP contribution in [0.4, 0.5) is 4.39 Å². The molecule has 0 unspecified atom stereocenters. The lowest BCUT2D eigenvalue weighted by Gasteiger charge is -2.32. The second-order valence-electron chi connectivity index (χ2n) is 7.58. The molecule has 2 atom stereocenters. The van der Waals surface area contributed by atoms with Crippen LogP contribution in [0.25, 0.3) is 0 Å². The molecule has 1 saturated heterocycles. The molecule has 11 heteroatoms. The van der Waals surface area contributed by atoms with E-state index >= 15 is 0 Å². The number of hydrogen-bond donors (Lipinski definition) is 2. The van der Waals surface area contributed by atoms with Crippen molar-refractivity contribution in [1.29, 1.82) is 0 Å². The van der Waals surface area contributed by atoms with Gasteiger partial charge in [-0.05, 0) is 49.4 Å². The van der Waals surface area contributed by atoms with Crippen molar-refractivity contribution in [2.45, 2.75) is 51.7 Å². The van der Waals surface area contributed by atoms with Crippen molar-refractivity contribution >= 4 is 10.2 Å². The lowest BCUT2D eigenvalue weighted by atomic mass is 9.88. The van der Waals surface area contributed by atoms with E-state index in [1.165, 1.54) is 10.4 Å². The zero-order chi connectivity index (χ0) is 22.1. The monoisotopic (exact) mass is 442 g/mol. The number of piperidine rings is 1. The van der Waals surface area contributed by atoms with Gasteiger partial charge in [0, 0.05) is 26.1 Å². The van der Waals surface area contributed by atoms with Crippen LogP contribution in [0.2, 0.25) is 0 Å². The first-order chi connectivity index (χ1) is 14.1. The van der Waals surface area contributed by atoms with Gasteiger partial charge in [-0.1, -0.05) is 13.0 Å². The van der Waals surface area contributed by atoms with Crippen molar-refractivity contribution in [2.24, 2.45) is 0 Å². The van der Waals surface area contributed by atoms with Gasteiger partial charge in [-0.15, -0.1) is 5.10 Å². The fourth-order valence-corrected chi connectivity index (χ4v) is 5.28. The second kappa shape index (κ2) is 8.96. The van der Waals surface area contributed by atoms with Gasteiger partial charge in [0.05, 0.1) is 6.10 Å². The van der Waals surface area contributed by atoms with Gasteiger partial charge >= 0.3 is 5.76 Å². The summed E-state index contributed by atoms with van der Waals surface area (Å²) >= 11 is 0. The fraction of sp³-hybridized carbons (Fsp3) is 0.579. The van der Waals surface area contributed by atoms with Crippen LogP contribution in [0.15, 0.2) is 21.3 Å². The number of benzene rings is 1. The van der Waals surface area contributed by atoms with Gasteiger partial charge in [-0.3, -0.25) is 0 Å². The molecule has 0 amide bonds. The summed E-state index contributed by atoms with van der Waals surface area (Å²) in [5.74, 6) is -2.12. The maximum atomic E-state index is 14.7. The number of aryl methyl sites for hydroxylation is 1. The first kappa shape index (κ1) is 22.6. The Kier molecular flexibility index (Phi) is 6.75. The Morgan fingerprint density at radius 1 is 1.33 bits per heavy atom. The predicted octanol–water partition coefficient (Wildman–Crippen LogP) is 1.91. The van der Waals surface area contributed by atoms with E-state index in [2.05, 4.69) is 14.9 Å². The highest BCUT2D eigenvalue weighted by Crippen LogP contribution is 2.35. The fourth-order valence-electron chi connectivity index (χ4n) is 3.81. The standard InChI is InChI=1S/C19H27FN4O5S/c1-11-5-6-15(20)16(12(11)2)13(3)17(18-21-22-19(25)29-18)23-30(26,27)24-9-7-14(28-4)8-10-24/h5-6,13-14,17,23H,7-10H2,1-4H3,(H,22,25)/t13-,17+/m1/s1. The van der Waals surface area contributed by atoms with Crippen molar-refractivity contribution in [1.82, 2.24) is 19.2 Å². The van der Waals surface area contributed by atoms with Crippen LogP contribution in [0.1, 0.15) is 54.3 Å². The molecule has 0 spiro atoms. The van der Waals surface area contributed by atoms with E-state index in [0.717, 1.165) is 5.56 Å². The zero-order valence-corrected chi connectivity index (χ0v) is 18.3. The molecule has 0 aliphatic carbocycles. The van der Waals surface area contributed by atoms with Crippen molar-refractivity contribution in [3.63, 3.8) is 0 Å². The zero-order valence-electron chi connectivity index (χ0n) is 17.4. The highest BCUT2D eigenvalue weighted by atomic mass is 32.2. The summed E-state index contributed by atoms with van der Waals surface area (Å²) in [4.78, 5) is 11.5. The average molecular weight is 443 g/mol. The summed E-state index contributed by atoms with van der Waals surface area (Å²) in [6, 6.07) is 1.93. The van der Waals surface area contributed by atoms with Crippen LogP contribution in [-0.2, 0) is 14.9 Å². The number of halogens is 1. The Hall–Kier alpha value is -2.08. The highest BCUT2D eigenvalue weighted by molar-refractivity contribution is 7.87. The maximum Gasteiger partial charge on any atom is 0.434 e. The third-order valence-corrected chi connectivity index (χ3v) is 7.36. The molecule has 2 N–H and O–H groups in total. The van der Waals surface area contributed by atoms with Crippen LogP contribution in [0.5, 0.6) is 0 Å². The van der Waals surface area contributed by atoms with E-state index < -0.39 is 33.7 Å². The number of nitrogens with zero attached hydrogens (tertiary/aromatic N) is 2. The minimum atomic E-state index is -3.95. The Morgan fingerprint density at radius 3 is 2.57 bits per heavy atom. The van der Waals surface area contributed by atoms with E-state index in [1.54, 1.807) is 27.0 Å². The molecule has 30 heavy (non-hydrogen) atoms. The molecule has 2 heterocycles. The molecule has 1 fully saturated rings. The lowest BCUT2D eigenvalue weighted by molar-refractivity contribution is 0.0600. The molecule has 3 rings (SSSR count). The second-order valence-corrected chi connectivity index (χ2v) is 9.28. The van der Waals surface area contributed by atoms with Gasteiger partial charge < -0.3 is 9.15 Å². The molecular weight excluding hydrogens is 415 g/mol. The van der Waals surface area contributed by atoms with Crippen LogP contribution in [0.3, 0.4) is 0 Å². The number of aromatic nitrogens is 2. The minimum Gasteiger partial charge on any atom is -0.391 e.